The van der Waals surface area contributed by atoms with Crippen LogP contribution in [0.4, 0.5) is 0 Å². The first-order chi connectivity index (χ1) is 17.4. The van der Waals surface area contributed by atoms with Crippen LogP contribution >= 0.6 is 0 Å². The van der Waals surface area contributed by atoms with Crippen molar-refractivity contribution in [2.24, 2.45) is 23.7 Å². The summed E-state index contributed by atoms with van der Waals surface area (Å²) in [6, 6.07) is 10.9. The Kier molecular flexibility index (Phi) is 5.68. The molecule has 0 aliphatic heterocycles. The van der Waals surface area contributed by atoms with E-state index in [1.54, 1.807) is 19.9 Å². The molecule has 5 rings (SSSR count). The van der Waals surface area contributed by atoms with Gasteiger partial charge >= 0.3 is 0 Å². The number of allylic oxidation sites excluding steroid dienone is 2. The summed E-state index contributed by atoms with van der Waals surface area (Å²) in [6.45, 7) is 6.69. The number of Topliss-reactive ketones (excluding diaryl/α,β-unsaturated/α-hetero) is 3. The summed E-state index contributed by atoms with van der Waals surface area (Å²) < 4.78 is 0. The van der Waals surface area contributed by atoms with E-state index in [4.69, 9.17) is 0 Å². The summed E-state index contributed by atoms with van der Waals surface area (Å²) in [7, 11) is 0. The van der Waals surface area contributed by atoms with E-state index in [2.05, 4.69) is 0 Å². The molecule has 2 aromatic carbocycles. The molecule has 0 spiro atoms. The number of aliphatic hydroxyl groups excluding tert-OH is 2. The monoisotopic (exact) mass is 502 g/mol. The minimum Gasteiger partial charge on any atom is -0.511 e. The first kappa shape index (κ1) is 25.0. The van der Waals surface area contributed by atoms with Gasteiger partial charge < -0.3 is 20.4 Å². The van der Waals surface area contributed by atoms with Crippen LogP contribution in [0.3, 0.4) is 0 Å². The first-order valence-corrected chi connectivity index (χ1v) is 12.5. The maximum Gasteiger partial charge on any atom is 0.209 e. The molecule has 0 aromatic heterocycles. The summed E-state index contributed by atoms with van der Waals surface area (Å²) in [5.74, 6) is -6.43. The molecule has 4 atom stereocenters. The SMILES string of the molecule is CC(=O)C1=C(O)C(C(C)C)C2CC3Cc4c(-c5ccccc5C)ccc(O)c4C(=O)C3=C(O)C2(O)C1=O. The Labute approximate surface area is 214 Å². The van der Waals surface area contributed by atoms with Crippen molar-refractivity contribution in [2.75, 3.05) is 0 Å². The molecule has 37 heavy (non-hydrogen) atoms. The molecule has 4 N–H and O–H groups in total. The van der Waals surface area contributed by atoms with E-state index < -0.39 is 52.0 Å². The van der Waals surface area contributed by atoms with Crippen molar-refractivity contribution in [2.45, 2.75) is 46.1 Å². The zero-order valence-electron chi connectivity index (χ0n) is 21.2. The van der Waals surface area contributed by atoms with Crippen molar-refractivity contribution in [3.05, 3.63) is 75.8 Å². The van der Waals surface area contributed by atoms with Crippen LogP contribution in [0.15, 0.2) is 59.1 Å². The standard InChI is InChI=1S/C30H30O7/c1-13(2)22-20-12-16-11-19-18(17-8-6-5-7-14(17)3)9-10-21(32)25(19)27(34)24(16)29(36)30(20,37)28(35)23(15(4)31)26(22)33/h5-10,13,16,20,22,32-33,36-37H,11-12H2,1-4H3. The van der Waals surface area contributed by atoms with Crippen LogP contribution < -0.4 is 0 Å². The molecule has 0 radical (unpaired) electrons. The largest absolute Gasteiger partial charge is 0.511 e. The van der Waals surface area contributed by atoms with Gasteiger partial charge in [-0.25, -0.2) is 0 Å². The third-order valence-electron chi connectivity index (χ3n) is 8.40. The number of hydrogen-bond acceptors (Lipinski definition) is 7. The number of benzene rings is 2. The van der Waals surface area contributed by atoms with Crippen molar-refractivity contribution in [3.63, 3.8) is 0 Å². The van der Waals surface area contributed by atoms with Crippen LogP contribution in [0, 0.1) is 30.6 Å². The third-order valence-corrected chi connectivity index (χ3v) is 8.40. The topological polar surface area (TPSA) is 132 Å². The number of ketones is 3. The molecule has 3 aliphatic rings. The van der Waals surface area contributed by atoms with Crippen molar-refractivity contribution in [1.29, 1.82) is 0 Å². The second kappa shape index (κ2) is 8.42. The van der Waals surface area contributed by atoms with Gasteiger partial charge in [0, 0.05) is 17.4 Å². The van der Waals surface area contributed by atoms with Crippen molar-refractivity contribution in [3.8, 4) is 16.9 Å². The Morgan fingerprint density at radius 2 is 1.70 bits per heavy atom. The Hall–Kier alpha value is -3.71. The molecule has 0 amide bonds. The number of phenolic OH excluding ortho intramolecular Hbond substituents is 1. The van der Waals surface area contributed by atoms with E-state index in [0.717, 1.165) is 23.6 Å². The van der Waals surface area contributed by atoms with Gasteiger partial charge in [0.15, 0.2) is 17.2 Å². The quantitative estimate of drug-likeness (QED) is 0.453. The van der Waals surface area contributed by atoms with Crippen molar-refractivity contribution < 1.29 is 34.8 Å². The van der Waals surface area contributed by atoms with E-state index in [9.17, 15) is 34.8 Å². The van der Waals surface area contributed by atoms with Crippen LogP contribution in [0.25, 0.3) is 11.1 Å². The maximum atomic E-state index is 13.8. The highest BCUT2D eigenvalue weighted by atomic mass is 16.3. The lowest BCUT2D eigenvalue weighted by atomic mass is 9.55. The van der Waals surface area contributed by atoms with Crippen LogP contribution in [0.5, 0.6) is 5.75 Å². The fourth-order valence-electron chi connectivity index (χ4n) is 6.72. The second-order valence-corrected chi connectivity index (χ2v) is 10.8. The van der Waals surface area contributed by atoms with E-state index in [1.807, 2.05) is 31.2 Å². The lowest BCUT2D eigenvalue weighted by Crippen LogP contribution is -2.60. The third kappa shape index (κ3) is 3.33. The van der Waals surface area contributed by atoms with Gasteiger partial charge in [-0.3, -0.25) is 14.4 Å². The number of carbonyl (C=O) groups is 3. The zero-order valence-corrected chi connectivity index (χ0v) is 21.2. The fourth-order valence-corrected chi connectivity index (χ4v) is 6.72. The highest BCUT2D eigenvalue weighted by Crippen LogP contribution is 2.55. The van der Waals surface area contributed by atoms with Crippen molar-refractivity contribution >= 4 is 17.3 Å². The highest BCUT2D eigenvalue weighted by molar-refractivity contribution is 6.25. The number of fused-ring (bicyclic) bond motifs is 3. The van der Waals surface area contributed by atoms with Gasteiger partial charge in [0.2, 0.25) is 5.78 Å². The molecule has 7 heteroatoms. The van der Waals surface area contributed by atoms with E-state index in [1.165, 1.54) is 6.07 Å². The smallest absolute Gasteiger partial charge is 0.209 e. The Morgan fingerprint density at radius 1 is 1.03 bits per heavy atom. The molecule has 192 valence electrons. The number of hydrogen-bond donors (Lipinski definition) is 4. The highest BCUT2D eigenvalue weighted by Gasteiger charge is 2.62. The fraction of sp³-hybridized carbons (Fsp3) is 0.367. The number of phenols is 1. The predicted octanol–water partition coefficient (Wildman–Crippen LogP) is 4.54. The maximum absolute atomic E-state index is 13.8. The average molecular weight is 503 g/mol. The number of aromatic hydroxyl groups is 1. The van der Waals surface area contributed by atoms with Crippen LogP contribution in [-0.4, -0.2) is 43.4 Å². The molecule has 0 saturated heterocycles. The molecule has 0 saturated carbocycles. The summed E-state index contributed by atoms with van der Waals surface area (Å²) in [5, 5.41) is 44.9. The first-order valence-electron chi connectivity index (χ1n) is 12.5. The minimum atomic E-state index is -2.52. The average Bonchev–Trinajstić information content (AvgIpc) is 2.82. The lowest BCUT2D eigenvalue weighted by molar-refractivity contribution is -0.149. The summed E-state index contributed by atoms with van der Waals surface area (Å²) >= 11 is 0. The van der Waals surface area contributed by atoms with Gasteiger partial charge in [-0.1, -0.05) is 44.2 Å². The molecule has 2 aromatic rings. The van der Waals surface area contributed by atoms with E-state index in [0.29, 0.717) is 5.56 Å². The molecule has 0 heterocycles. The van der Waals surface area contributed by atoms with Gasteiger partial charge in [-0.05, 0) is 66.8 Å². The zero-order chi connectivity index (χ0) is 27.0. The number of aliphatic hydroxyl groups is 3. The van der Waals surface area contributed by atoms with Gasteiger partial charge in [0.1, 0.15) is 22.8 Å². The summed E-state index contributed by atoms with van der Waals surface area (Å²) in [5.41, 5.74) is 0.183. The minimum absolute atomic E-state index is 0.0365. The Morgan fingerprint density at radius 3 is 2.32 bits per heavy atom. The van der Waals surface area contributed by atoms with E-state index in [-0.39, 0.29) is 41.4 Å². The normalized spacial score (nSPS) is 27.2. The van der Waals surface area contributed by atoms with Crippen LogP contribution in [-0.2, 0) is 16.0 Å². The summed E-state index contributed by atoms with van der Waals surface area (Å²) in [6.07, 6.45) is 0.419. The number of rotatable bonds is 3. The Bertz CT molecular complexity index is 1440. The molecule has 0 bridgehead atoms. The predicted molar refractivity (Wildman–Crippen MR) is 136 cm³/mol. The number of aryl methyl sites for hydroxylation is 1. The molecule has 3 aliphatic carbocycles. The second-order valence-electron chi connectivity index (χ2n) is 10.8. The lowest BCUT2D eigenvalue weighted by Gasteiger charge is -2.50. The van der Waals surface area contributed by atoms with Gasteiger partial charge in [-0.15, -0.1) is 0 Å². The van der Waals surface area contributed by atoms with Crippen LogP contribution in [0.2, 0.25) is 0 Å². The molecular weight excluding hydrogens is 472 g/mol. The molecule has 4 unspecified atom stereocenters. The molecule has 7 nitrogen and oxygen atoms in total. The van der Waals surface area contributed by atoms with Gasteiger partial charge in [0.25, 0.3) is 0 Å². The number of carbonyl (C=O) groups excluding carboxylic acids is 3. The summed E-state index contributed by atoms with van der Waals surface area (Å²) in [4.78, 5) is 39.6. The molecular formula is C30H30O7. The van der Waals surface area contributed by atoms with E-state index >= 15 is 0 Å². The molecule has 0 fully saturated rings. The van der Waals surface area contributed by atoms with Crippen LogP contribution in [0.1, 0.15) is 48.7 Å². The van der Waals surface area contributed by atoms with Gasteiger partial charge in [0.05, 0.1) is 5.56 Å². The Balaban J connectivity index is 1.74. The van der Waals surface area contributed by atoms with Gasteiger partial charge in [-0.2, -0.15) is 0 Å². The van der Waals surface area contributed by atoms with Crippen molar-refractivity contribution in [1.82, 2.24) is 0 Å².